The number of H-pyrrole nitrogens is 1. The summed E-state index contributed by atoms with van der Waals surface area (Å²) in [6.07, 6.45) is 2.45. The molecule has 2 aromatic carbocycles. The Labute approximate surface area is 103 Å². The van der Waals surface area contributed by atoms with Gasteiger partial charge in [0.2, 0.25) is 0 Å². The number of fused-ring (bicyclic) bond motifs is 1. The van der Waals surface area contributed by atoms with Gasteiger partial charge in [-0.05, 0) is 23.8 Å². The Morgan fingerprint density at radius 3 is 2.72 bits per heavy atom. The molecule has 0 atom stereocenters. The number of aromatic amines is 1. The van der Waals surface area contributed by atoms with E-state index in [0.717, 1.165) is 22.8 Å². The van der Waals surface area contributed by atoms with Crippen LogP contribution in [-0.4, -0.2) is 11.3 Å². The van der Waals surface area contributed by atoms with Crippen molar-refractivity contribution >= 4 is 17.2 Å². The molecule has 3 rings (SSSR count). The maximum atomic E-state index is 13.7. The molecule has 3 heteroatoms. The molecule has 3 aromatic rings. The third kappa shape index (κ3) is 1.61. The van der Waals surface area contributed by atoms with E-state index in [4.69, 9.17) is 0 Å². The lowest BCUT2D eigenvalue weighted by Crippen LogP contribution is -1.84. The van der Waals surface area contributed by atoms with Gasteiger partial charge in [0.15, 0.2) is 6.29 Å². The first-order valence-corrected chi connectivity index (χ1v) is 5.61. The summed E-state index contributed by atoms with van der Waals surface area (Å²) in [7, 11) is 0. The number of nitrogens with one attached hydrogen (secondary N) is 1. The minimum atomic E-state index is -0.264. The van der Waals surface area contributed by atoms with Crippen molar-refractivity contribution in [2.75, 3.05) is 0 Å². The maximum absolute atomic E-state index is 13.7. The number of carbonyl (C=O) groups is 1. The van der Waals surface area contributed by atoms with Crippen molar-refractivity contribution in [2.24, 2.45) is 0 Å². The molecule has 1 heterocycles. The summed E-state index contributed by atoms with van der Waals surface area (Å²) in [4.78, 5) is 13.9. The minimum absolute atomic E-state index is 0.264. The van der Waals surface area contributed by atoms with E-state index in [0.29, 0.717) is 11.1 Å². The molecule has 88 valence electrons. The van der Waals surface area contributed by atoms with Gasteiger partial charge >= 0.3 is 0 Å². The van der Waals surface area contributed by atoms with E-state index in [-0.39, 0.29) is 5.82 Å². The van der Waals surface area contributed by atoms with Gasteiger partial charge in [-0.1, -0.05) is 24.3 Å². The zero-order chi connectivity index (χ0) is 12.5. The molecule has 0 aliphatic heterocycles. The standard InChI is InChI=1S/C15H10FNO/c16-14-4-2-1-3-12(14)10-5-6-15-13(7-10)11(9-18)8-17-15/h1-9,17H. The van der Waals surface area contributed by atoms with Crippen molar-refractivity contribution in [3.8, 4) is 11.1 Å². The summed E-state index contributed by atoms with van der Waals surface area (Å²) >= 11 is 0. The van der Waals surface area contributed by atoms with Crippen LogP contribution in [0.4, 0.5) is 4.39 Å². The van der Waals surface area contributed by atoms with Crippen molar-refractivity contribution in [3.63, 3.8) is 0 Å². The largest absolute Gasteiger partial charge is 0.360 e. The number of carbonyl (C=O) groups excluding carboxylic acids is 1. The predicted molar refractivity (Wildman–Crippen MR) is 69.1 cm³/mol. The van der Waals surface area contributed by atoms with E-state index in [1.807, 2.05) is 18.2 Å². The lowest BCUT2D eigenvalue weighted by molar-refractivity contribution is 0.112. The number of rotatable bonds is 2. The van der Waals surface area contributed by atoms with E-state index >= 15 is 0 Å². The van der Waals surface area contributed by atoms with Crippen molar-refractivity contribution in [1.29, 1.82) is 0 Å². The second-order valence-corrected chi connectivity index (χ2v) is 4.10. The van der Waals surface area contributed by atoms with Gasteiger partial charge < -0.3 is 4.98 Å². The van der Waals surface area contributed by atoms with Crippen LogP contribution in [0.3, 0.4) is 0 Å². The molecule has 0 fully saturated rings. The Bertz CT molecular complexity index is 730. The highest BCUT2D eigenvalue weighted by atomic mass is 19.1. The molecule has 0 saturated carbocycles. The Morgan fingerprint density at radius 1 is 1.11 bits per heavy atom. The third-order valence-electron chi connectivity index (χ3n) is 3.03. The molecule has 0 radical (unpaired) electrons. The van der Waals surface area contributed by atoms with Crippen LogP contribution in [0.15, 0.2) is 48.7 Å². The number of benzene rings is 2. The summed E-state index contributed by atoms with van der Waals surface area (Å²) in [5.41, 5.74) is 2.76. The van der Waals surface area contributed by atoms with Crippen LogP contribution < -0.4 is 0 Å². The van der Waals surface area contributed by atoms with Crippen molar-refractivity contribution in [1.82, 2.24) is 4.98 Å². The molecule has 0 aliphatic rings. The lowest BCUT2D eigenvalue weighted by Gasteiger charge is -2.03. The van der Waals surface area contributed by atoms with Crippen LogP contribution in [0.25, 0.3) is 22.0 Å². The first kappa shape index (κ1) is 10.7. The quantitative estimate of drug-likeness (QED) is 0.678. The van der Waals surface area contributed by atoms with E-state index in [2.05, 4.69) is 4.98 Å². The minimum Gasteiger partial charge on any atom is -0.360 e. The molecular weight excluding hydrogens is 229 g/mol. The summed E-state index contributed by atoms with van der Waals surface area (Å²) in [6.45, 7) is 0. The summed E-state index contributed by atoms with van der Waals surface area (Å²) in [6, 6.07) is 12.1. The molecule has 0 bridgehead atoms. The number of aldehydes is 1. The van der Waals surface area contributed by atoms with Gasteiger partial charge in [0.1, 0.15) is 5.82 Å². The number of hydrogen-bond donors (Lipinski definition) is 1. The normalized spacial score (nSPS) is 10.7. The van der Waals surface area contributed by atoms with Crippen molar-refractivity contribution < 1.29 is 9.18 Å². The van der Waals surface area contributed by atoms with Crippen LogP contribution in [0.1, 0.15) is 10.4 Å². The van der Waals surface area contributed by atoms with Gasteiger partial charge in [-0.3, -0.25) is 4.79 Å². The van der Waals surface area contributed by atoms with Crippen LogP contribution in [-0.2, 0) is 0 Å². The molecule has 0 saturated heterocycles. The van der Waals surface area contributed by atoms with Crippen LogP contribution >= 0.6 is 0 Å². The highest BCUT2D eigenvalue weighted by Gasteiger charge is 2.07. The van der Waals surface area contributed by atoms with Gasteiger partial charge in [0, 0.05) is 28.2 Å². The topological polar surface area (TPSA) is 32.9 Å². The molecule has 0 spiro atoms. The molecule has 0 unspecified atom stereocenters. The Morgan fingerprint density at radius 2 is 1.94 bits per heavy atom. The molecule has 18 heavy (non-hydrogen) atoms. The van der Waals surface area contributed by atoms with Crippen molar-refractivity contribution in [2.45, 2.75) is 0 Å². The van der Waals surface area contributed by atoms with E-state index in [1.165, 1.54) is 6.07 Å². The van der Waals surface area contributed by atoms with Gasteiger partial charge in [0.25, 0.3) is 0 Å². The molecule has 0 aliphatic carbocycles. The fourth-order valence-corrected chi connectivity index (χ4v) is 2.10. The average molecular weight is 239 g/mol. The Hall–Kier alpha value is -2.42. The number of aromatic nitrogens is 1. The number of hydrogen-bond acceptors (Lipinski definition) is 1. The van der Waals surface area contributed by atoms with E-state index in [1.54, 1.807) is 24.4 Å². The summed E-state index contributed by atoms with van der Waals surface area (Å²) in [5, 5.41) is 0.811. The fraction of sp³-hybridized carbons (Fsp3) is 0. The zero-order valence-corrected chi connectivity index (χ0v) is 9.48. The lowest BCUT2D eigenvalue weighted by atomic mass is 10.0. The second kappa shape index (κ2) is 4.11. The zero-order valence-electron chi connectivity index (χ0n) is 9.48. The smallest absolute Gasteiger partial charge is 0.152 e. The predicted octanol–water partition coefficient (Wildman–Crippen LogP) is 3.79. The van der Waals surface area contributed by atoms with Gasteiger partial charge in [-0.15, -0.1) is 0 Å². The molecule has 1 aromatic heterocycles. The van der Waals surface area contributed by atoms with E-state index < -0.39 is 0 Å². The van der Waals surface area contributed by atoms with Crippen LogP contribution in [0.2, 0.25) is 0 Å². The molecule has 2 nitrogen and oxygen atoms in total. The highest BCUT2D eigenvalue weighted by molar-refractivity contribution is 5.99. The summed E-state index contributed by atoms with van der Waals surface area (Å²) in [5.74, 6) is -0.264. The van der Waals surface area contributed by atoms with Crippen LogP contribution in [0.5, 0.6) is 0 Å². The first-order valence-electron chi connectivity index (χ1n) is 5.61. The molecule has 1 N–H and O–H groups in total. The molecular formula is C15H10FNO. The van der Waals surface area contributed by atoms with Crippen LogP contribution in [0, 0.1) is 5.82 Å². The molecule has 0 amide bonds. The SMILES string of the molecule is O=Cc1c[nH]c2ccc(-c3ccccc3F)cc12. The maximum Gasteiger partial charge on any atom is 0.152 e. The van der Waals surface area contributed by atoms with Gasteiger partial charge in [-0.25, -0.2) is 4.39 Å². The monoisotopic (exact) mass is 239 g/mol. The second-order valence-electron chi connectivity index (χ2n) is 4.10. The number of halogens is 1. The Kier molecular flexibility index (Phi) is 2.45. The first-order chi connectivity index (χ1) is 8.79. The van der Waals surface area contributed by atoms with Gasteiger partial charge in [0.05, 0.1) is 0 Å². The van der Waals surface area contributed by atoms with E-state index in [9.17, 15) is 9.18 Å². The van der Waals surface area contributed by atoms with Crippen molar-refractivity contribution in [3.05, 3.63) is 60.0 Å². The van der Waals surface area contributed by atoms with Gasteiger partial charge in [-0.2, -0.15) is 0 Å². The highest BCUT2D eigenvalue weighted by Crippen LogP contribution is 2.27. The average Bonchev–Trinajstić information content (AvgIpc) is 2.81. The third-order valence-corrected chi connectivity index (χ3v) is 3.03. The summed E-state index contributed by atoms with van der Waals surface area (Å²) < 4.78 is 13.7. The Balaban J connectivity index is 2.24. The fourth-order valence-electron chi connectivity index (χ4n) is 2.10.